The van der Waals surface area contributed by atoms with Crippen LogP contribution in [0.1, 0.15) is 5.69 Å². The van der Waals surface area contributed by atoms with Crippen molar-refractivity contribution < 1.29 is 18.3 Å². The molecule has 0 spiro atoms. The number of pyridine rings is 1. The van der Waals surface area contributed by atoms with E-state index < -0.39 is 17.8 Å². The van der Waals surface area contributed by atoms with E-state index in [9.17, 15) is 18.3 Å². The molecule has 0 bridgehead atoms. The van der Waals surface area contributed by atoms with E-state index in [2.05, 4.69) is 22.6 Å². The number of halogens is 3. The van der Waals surface area contributed by atoms with Crippen LogP contribution in [-0.2, 0) is 6.18 Å². The first kappa shape index (κ1) is 10.5. The summed E-state index contributed by atoms with van der Waals surface area (Å²) in [6, 6.07) is 0.840. The molecule has 2 aromatic heterocycles. The maximum absolute atomic E-state index is 12.3. The molecular weight excluding hydrogens is 249 g/mol. The number of hydrogen-bond donors (Lipinski definition) is 2. The van der Waals surface area contributed by atoms with Gasteiger partial charge in [0.1, 0.15) is 15.6 Å². The summed E-state index contributed by atoms with van der Waals surface area (Å²) in [5, 5.41) is 9.23. The molecule has 0 fully saturated rings. The van der Waals surface area contributed by atoms with Gasteiger partial charge in [-0.1, -0.05) is 0 Å². The van der Waals surface area contributed by atoms with Gasteiger partial charge in [-0.25, -0.2) is 9.97 Å². The Bertz CT molecular complexity index is 523. The Morgan fingerprint density at radius 1 is 1.33 bits per heavy atom. The lowest BCUT2D eigenvalue weighted by Crippen LogP contribution is -2.07. The van der Waals surface area contributed by atoms with E-state index in [4.69, 9.17) is 0 Å². The maximum atomic E-state index is 12.3. The van der Waals surface area contributed by atoms with Crippen molar-refractivity contribution in [2.45, 2.75) is 10.5 Å². The van der Waals surface area contributed by atoms with Gasteiger partial charge in [-0.2, -0.15) is 13.2 Å². The first-order chi connectivity index (χ1) is 6.88. The van der Waals surface area contributed by atoms with Crippen LogP contribution in [-0.4, -0.2) is 15.1 Å². The number of aromatic nitrogens is 2. The molecule has 0 atom stereocenters. The standard InChI is InChI=1S/C7H3F3N2OS2/c8-7(9,10)3-1-2-4(5(13)11-3)12-6(14)15-2/h1H,(H,11,13)(H,12,14). The van der Waals surface area contributed by atoms with Crippen LogP contribution in [0.5, 0.6) is 5.88 Å². The largest absolute Gasteiger partial charge is 0.492 e. The average molecular weight is 252 g/mol. The van der Waals surface area contributed by atoms with Crippen molar-refractivity contribution in [1.82, 2.24) is 9.97 Å². The van der Waals surface area contributed by atoms with E-state index in [1.165, 1.54) is 0 Å². The summed E-state index contributed by atoms with van der Waals surface area (Å²) in [5.74, 6) is -0.726. The van der Waals surface area contributed by atoms with E-state index in [1.54, 1.807) is 0 Å². The molecule has 0 saturated heterocycles. The molecule has 0 aromatic carbocycles. The molecule has 15 heavy (non-hydrogen) atoms. The molecule has 0 aliphatic carbocycles. The van der Waals surface area contributed by atoms with Gasteiger partial charge in [0.05, 0.1) is 4.70 Å². The molecule has 0 aliphatic heterocycles. The highest BCUT2D eigenvalue weighted by molar-refractivity contribution is 7.82. The van der Waals surface area contributed by atoms with Gasteiger partial charge in [0.2, 0.25) is 5.88 Å². The Kier molecular flexibility index (Phi) is 2.27. The third-order valence-corrected chi connectivity index (χ3v) is 2.82. The zero-order chi connectivity index (χ0) is 11.2. The minimum Gasteiger partial charge on any atom is -0.492 e. The molecule has 2 rings (SSSR count). The summed E-state index contributed by atoms with van der Waals surface area (Å²) in [5.41, 5.74) is -1.09. The first-order valence-electron chi connectivity index (χ1n) is 3.64. The van der Waals surface area contributed by atoms with E-state index in [0.717, 1.165) is 17.4 Å². The third-order valence-electron chi connectivity index (χ3n) is 1.64. The predicted octanol–water partition coefficient (Wildman–Crippen LogP) is 2.70. The van der Waals surface area contributed by atoms with Crippen LogP contribution in [0.4, 0.5) is 13.2 Å². The Balaban J connectivity index is 2.72. The molecule has 80 valence electrons. The minimum atomic E-state index is -4.58. The van der Waals surface area contributed by atoms with Crippen molar-refractivity contribution in [1.29, 1.82) is 0 Å². The summed E-state index contributed by atoms with van der Waals surface area (Å²) in [7, 11) is 0. The molecule has 0 saturated carbocycles. The summed E-state index contributed by atoms with van der Waals surface area (Å²) < 4.78 is 37.4. The molecule has 3 nitrogen and oxygen atoms in total. The fourth-order valence-corrected chi connectivity index (χ4v) is 2.18. The van der Waals surface area contributed by atoms with E-state index in [-0.39, 0.29) is 14.6 Å². The van der Waals surface area contributed by atoms with Crippen LogP contribution in [0.3, 0.4) is 0 Å². The second kappa shape index (κ2) is 3.24. The van der Waals surface area contributed by atoms with Gasteiger partial charge in [-0.3, -0.25) is 0 Å². The van der Waals surface area contributed by atoms with Gasteiger partial charge >= 0.3 is 6.18 Å². The lowest BCUT2D eigenvalue weighted by molar-refractivity contribution is -0.141. The SMILES string of the molecule is Oc1nc(C(F)(F)F)cc2sc(S)nc12. The number of aromatic hydroxyl groups is 1. The number of hydrogen-bond acceptors (Lipinski definition) is 5. The van der Waals surface area contributed by atoms with Crippen molar-refractivity contribution in [2.75, 3.05) is 0 Å². The number of alkyl halides is 3. The van der Waals surface area contributed by atoms with Gasteiger partial charge in [0.25, 0.3) is 0 Å². The summed E-state index contributed by atoms with van der Waals surface area (Å²) in [6.45, 7) is 0. The molecule has 0 radical (unpaired) electrons. The molecule has 2 aromatic rings. The lowest BCUT2D eigenvalue weighted by atomic mass is 10.3. The van der Waals surface area contributed by atoms with Gasteiger partial charge in [-0.15, -0.1) is 24.0 Å². The van der Waals surface area contributed by atoms with Crippen LogP contribution in [0.2, 0.25) is 0 Å². The third kappa shape index (κ3) is 1.86. The smallest absolute Gasteiger partial charge is 0.433 e. The van der Waals surface area contributed by atoms with E-state index >= 15 is 0 Å². The number of fused-ring (bicyclic) bond motifs is 1. The fourth-order valence-electron chi connectivity index (χ4n) is 1.05. The molecule has 0 aliphatic rings. The Morgan fingerprint density at radius 3 is 2.60 bits per heavy atom. The average Bonchev–Trinajstić information content (AvgIpc) is 2.44. The van der Waals surface area contributed by atoms with E-state index in [0.29, 0.717) is 0 Å². The monoisotopic (exact) mass is 252 g/mol. The number of thiol groups is 1. The number of thiazole rings is 1. The van der Waals surface area contributed by atoms with Crippen molar-refractivity contribution in [3.8, 4) is 5.88 Å². The topological polar surface area (TPSA) is 46.0 Å². The van der Waals surface area contributed by atoms with Crippen molar-refractivity contribution >= 4 is 34.2 Å². The maximum Gasteiger partial charge on any atom is 0.433 e. The first-order valence-corrected chi connectivity index (χ1v) is 4.91. The van der Waals surface area contributed by atoms with Crippen LogP contribution in [0.15, 0.2) is 10.4 Å². The summed E-state index contributed by atoms with van der Waals surface area (Å²) >= 11 is 4.83. The zero-order valence-corrected chi connectivity index (χ0v) is 8.62. The lowest BCUT2D eigenvalue weighted by Gasteiger charge is -2.05. The van der Waals surface area contributed by atoms with E-state index in [1.807, 2.05) is 0 Å². The Morgan fingerprint density at radius 2 is 2.00 bits per heavy atom. The summed E-state index contributed by atoms with van der Waals surface area (Å²) in [4.78, 5) is 6.77. The predicted molar refractivity (Wildman–Crippen MR) is 51.3 cm³/mol. The van der Waals surface area contributed by atoms with Crippen molar-refractivity contribution in [2.24, 2.45) is 0 Å². The van der Waals surface area contributed by atoms with Crippen LogP contribution < -0.4 is 0 Å². The van der Waals surface area contributed by atoms with Gasteiger partial charge in [0.15, 0.2) is 0 Å². The second-order valence-corrected chi connectivity index (χ2v) is 4.43. The fraction of sp³-hybridized carbons (Fsp3) is 0.143. The minimum absolute atomic E-state index is 0.0398. The molecule has 0 amide bonds. The van der Waals surface area contributed by atoms with Gasteiger partial charge in [-0.05, 0) is 6.07 Å². The highest BCUT2D eigenvalue weighted by Gasteiger charge is 2.34. The normalized spacial score (nSPS) is 12.3. The second-order valence-electron chi connectivity index (χ2n) is 2.67. The molecule has 2 heterocycles. The van der Waals surface area contributed by atoms with Crippen LogP contribution in [0, 0.1) is 0 Å². The number of rotatable bonds is 0. The van der Waals surface area contributed by atoms with Crippen molar-refractivity contribution in [3.05, 3.63) is 11.8 Å². The number of nitrogens with zero attached hydrogens (tertiary/aromatic N) is 2. The molecule has 0 unspecified atom stereocenters. The molecular formula is C7H3F3N2OS2. The zero-order valence-electron chi connectivity index (χ0n) is 6.91. The quantitative estimate of drug-likeness (QED) is 0.709. The summed E-state index contributed by atoms with van der Waals surface area (Å²) in [6.07, 6.45) is -4.58. The van der Waals surface area contributed by atoms with Crippen LogP contribution >= 0.6 is 24.0 Å². The highest BCUT2D eigenvalue weighted by atomic mass is 32.2. The Labute approximate surface area is 91.0 Å². The molecule has 1 N–H and O–H groups in total. The van der Waals surface area contributed by atoms with Crippen LogP contribution in [0.25, 0.3) is 10.2 Å². The van der Waals surface area contributed by atoms with Crippen molar-refractivity contribution in [3.63, 3.8) is 0 Å². The van der Waals surface area contributed by atoms with Gasteiger partial charge < -0.3 is 5.11 Å². The Hall–Kier alpha value is -1.02. The van der Waals surface area contributed by atoms with Gasteiger partial charge in [0, 0.05) is 0 Å². The molecule has 8 heteroatoms. The highest BCUT2D eigenvalue weighted by Crippen LogP contribution is 2.35.